The number of hydrogen-bond donors (Lipinski definition) is 0. The van der Waals surface area contributed by atoms with E-state index in [1.165, 1.54) is 98.0 Å². The van der Waals surface area contributed by atoms with Gasteiger partial charge in [0, 0.05) is 76.3 Å². The molecule has 0 amide bonds. The fraction of sp³-hybridized carbons (Fsp3) is 0. The monoisotopic (exact) mass is 878 g/mol. The van der Waals surface area contributed by atoms with Crippen LogP contribution in [-0.4, -0.2) is 17.8 Å². The van der Waals surface area contributed by atoms with Crippen LogP contribution in [0.5, 0.6) is 0 Å². The molecule has 2 aliphatic heterocycles. The van der Waals surface area contributed by atoms with Crippen LogP contribution in [0.15, 0.2) is 243 Å². The lowest BCUT2D eigenvalue weighted by molar-refractivity contribution is 1.18. The molecule has 14 rings (SSSR count). The van der Waals surface area contributed by atoms with Crippen LogP contribution < -0.4 is 0 Å². The Morgan fingerprint density at radius 2 is 0.530 bits per heavy atom. The van der Waals surface area contributed by atoms with Gasteiger partial charge in [-0.1, -0.05) is 121 Å². The average Bonchev–Trinajstić information content (AvgIpc) is 3.91. The van der Waals surface area contributed by atoms with E-state index >= 15 is 0 Å². The minimum atomic E-state index is -1.05. The van der Waals surface area contributed by atoms with Crippen LogP contribution in [0, 0.1) is 0 Å². The number of benzene rings is 10. The zero-order valence-electron chi connectivity index (χ0n) is 35.8. The molecule has 0 aliphatic carbocycles. The predicted octanol–water partition coefficient (Wildman–Crippen LogP) is 17.4. The molecule has 2 unspecified atom stereocenters. The fourth-order valence-electron chi connectivity index (χ4n) is 10.7. The number of nitrogens with zero attached hydrogens (tertiary/aromatic N) is 4. The lowest BCUT2D eigenvalue weighted by atomic mass is 10.0. The Bertz CT molecular complexity index is 3760. The summed E-state index contributed by atoms with van der Waals surface area (Å²) in [7, 11) is -2.10. The molecule has 0 bridgehead atoms. The normalized spacial score (nSPS) is 12.5. The van der Waals surface area contributed by atoms with Gasteiger partial charge in [0.2, 0.25) is 0 Å². The van der Waals surface area contributed by atoms with Gasteiger partial charge in [-0.05, 0) is 137 Å². The lowest BCUT2D eigenvalue weighted by Crippen LogP contribution is -2.06. The van der Waals surface area contributed by atoms with Crippen molar-refractivity contribution < 1.29 is 0 Å². The maximum Gasteiger partial charge on any atom is 0.0583 e. The average molecular weight is 879 g/mol. The summed E-state index contributed by atoms with van der Waals surface area (Å²) in [5.74, 6) is 0. The topological polar surface area (TPSA) is 19.7 Å². The number of hydrogen-bond acceptors (Lipinski definition) is 0. The van der Waals surface area contributed by atoms with Crippen molar-refractivity contribution in [2.75, 3.05) is 0 Å². The Labute approximate surface area is 383 Å². The number of fused-ring (bicyclic) bond motifs is 6. The molecule has 66 heavy (non-hydrogen) atoms. The van der Waals surface area contributed by atoms with Crippen LogP contribution in [0.4, 0.5) is 0 Å². The molecule has 0 fully saturated rings. The van der Waals surface area contributed by atoms with Crippen LogP contribution in [-0.2, 0) is 0 Å². The van der Waals surface area contributed by atoms with Crippen molar-refractivity contribution in [1.82, 2.24) is 17.8 Å². The molecule has 0 N–H and O–H groups in total. The number of para-hydroxylation sites is 6. The van der Waals surface area contributed by atoms with E-state index in [1.54, 1.807) is 0 Å². The van der Waals surface area contributed by atoms with Crippen LogP contribution in [0.25, 0.3) is 109 Å². The summed E-state index contributed by atoms with van der Waals surface area (Å²) in [4.78, 5) is 0. The highest BCUT2D eigenvalue weighted by atomic mass is 31.1. The van der Waals surface area contributed by atoms with Gasteiger partial charge < -0.3 is 9.13 Å². The van der Waals surface area contributed by atoms with E-state index in [4.69, 9.17) is 0 Å². The first-order chi connectivity index (χ1) is 32.8. The zero-order valence-corrected chi connectivity index (χ0v) is 37.6. The quantitative estimate of drug-likeness (QED) is 0.148. The third kappa shape index (κ3) is 5.47. The molecule has 4 heterocycles. The maximum absolute atomic E-state index is 2.66. The Morgan fingerprint density at radius 1 is 0.227 bits per heavy atom. The van der Waals surface area contributed by atoms with E-state index in [9.17, 15) is 0 Å². The van der Waals surface area contributed by atoms with E-state index in [2.05, 4.69) is 260 Å². The Kier molecular flexibility index (Phi) is 8.37. The summed E-state index contributed by atoms with van der Waals surface area (Å²) < 4.78 is 10.2. The number of aromatic nitrogens is 4. The van der Waals surface area contributed by atoms with Gasteiger partial charge in [0.05, 0.1) is 33.1 Å². The summed E-state index contributed by atoms with van der Waals surface area (Å²) in [6, 6.07) is 90.2. The highest BCUT2D eigenvalue weighted by Crippen LogP contribution is 2.61. The Hall–Kier alpha value is -8.00. The third-order valence-corrected chi connectivity index (χ3v) is 18.4. The van der Waals surface area contributed by atoms with E-state index in [0.717, 1.165) is 11.4 Å². The first-order valence-corrected chi connectivity index (χ1v) is 25.1. The minimum absolute atomic E-state index is 1.05. The van der Waals surface area contributed by atoms with Crippen LogP contribution in [0.2, 0.25) is 0 Å². The fourth-order valence-corrected chi connectivity index (χ4v) is 15.9. The van der Waals surface area contributed by atoms with Gasteiger partial charge in [-0.15, -0.1) is 0 Å². The first kappa shape index (κ1) is 37.4. The maximum atomic E-state index is 2.66. The van der Waals surface area contributed by atoms with Crippen molar-refractivity contribution in [3.63, 3.8) is 0 Å². The second-order valence-corrected chi connectivity index (χ2v) is 21.1. The van der Waals surface area contributed by atoms with Crippen molar-refractivity contribution >= 4 is 80.3 Å². The Morgan fingerprint density at radius 3 is 0.879 bits per heavy atom. The van der Waals surface area contributed by atoms with Gasteiger partial charge in [-0.25, -0.2) is 0 Å². The van der Waals surface area contributed by atoms with Crippen LogP contribution >= 0.6 is 15.4 Å². The van der Waals surface area contributed by atoms with Crippen molar-refractivity contribution in [3.8, 4) is 44.5 Å². The molecule has 10 aromatic carbocycles. The molecular formula is C60H40N4P2. The molecule has 310 valence electrons. The summed E-state index contributed by atoms with van der Waals surface area (Å²) >= 11 is 0. The summed E-state index contributed by atoms with van der Waals surface area (Å²) in [5, 5.41) is 10.4. The van der Waals surface area contributed by atoms with Gasteiger partial charge in [0.1, 0.15) is 0 Å². The van der Waals surface area contributed by atoms with Gasteiger partial charge in [-0.3, -0.25) is 8.66 Å². The molecule has 2 aliphatic rings. The number of rotatable bonds is 6. The summed E-state index contributed by atoms with van der Waals surface area (Å²) in [5.41, 5.74) is 14.8. The van der Waals surface area contributed by atoms with E-state index in [1.807, 2.05) is 0 Å². The second-order valence-electron chi connectivity index (χ2n) is 17.0. The molecule has 6 heteroatoms. The van der Waals surface area contributed by atoms with E-state index < -0.39 is 15.4 Å². The molecular weight excluding hydrogens is 839 g/mol. The molecule has 0 saturated carbocycles. The molecule has 4 nitrogen and oxygen atoms in total. The zero-order chi connectivity index (χ0) is 43.3. The summed E-state index contributed by atoms with van der Waals surface area (Å²) in [6.45, 7) is 0. The van der Waals surface area contributed by atoms with Gasteiger partial charge >= 0.3 is 0 Å². The molecule has 12 aromatic rings. The van der Waals surface area contributed by atoms with Crippen molar-refractivity contribution in [2.24, 2.45) is 0 Å². The van der Waals surface area contributed by atoms with E-state index in [-0.39, 0.29) is 0 Å². The van der Waals surface area contributed by atoms with Crippen molar-refractivity contribution in [3.05, 3.63) is 243 Å². The summed E-state index contributed by atoms with van der Waals surface area (Å²) in [6.07, 6.45) is 0. The smallest absolute Gasteiger partial charge is 0.0583 e. The van der Waals surface area contributed by atoms with Crippen molar-refractivity contribution in [2.45, 2.75) is 0 Å². The highest BCUT2D eigenvalue weighted by Gasteiger charge is 2.28. The molecule has 2 aromatic heterocycles. The highest BCUT2D eigenvalue weighted by molar-refractivity contribution is 7.60. The molecule has 0 spiro atoms. The standard InChI is InChI=1S/C60H40N4P2/c1-3-17-43(18-4-1)63-55-29-15-32-58-59(55)60-56(30-16-31-57(60)65(63)45-37-33-41(34-38-45)61-51-25-11-7-21-47(51)48-22-8-12-26-52(48)61)64(44-19-5-2-6-20-44)66(58)46-39-35-42(36-40-46)62-53-27-13-9-23-49(53)50-24-10-14-28-54(50)62/h1-40H. The van der Waals surface area contributed by atoms with Crippen molar-refractivity contribution in [1.29, 1.82) is 0 Å². The lowest BCUT2D eigenvalue weighted by Gasteiger charge is -2.30. The Balaban J connectivity index is 1.04. The van der Waals surface area contributed by atoms with Gasteiger partial charge in [-0.2, -0.15) is 0 Å². The predicted molar refractivity (Wildman–Crippen MR) is 282 cm³/mol. The SMILES string of the molecule is c1ccc(-n2c3cccc4c3-c3c(cccc3p2-c2ccc(-n3c5ccccc5c5ccccc53)cc2)n(-c2ccccc2)p4-c2ccc(-n3c4ccccc4c4ccccc43)cc2)cc1. The molecule has 0 saturated heterocycles. The second kappa shape index (κ2) is 14.8. The van der Waals surface area contributed by atoms with Crippen LogP contribution in [0.1, 0.15) is 0 Å². The third-order valence-electron chi connectivity index (χ3n) is 13.5. The first-order valence-electron chi connectivity index (χ1n) is 22.5. The minimum Gasteiger partial charge on any atom is -0.309 e. The van der Waals surface area contributed by atoms with E-state index in [0.29, 0.717) is 0 Å². The molecule has 0 radical (unpaired) electrons. The molecule has 2 atom stereocenters. The van der Waals surface area contributed by atoms with Crippen LogP contribution in [0.3, 0.4) is 0 Å². The van der Waals surface area contributed by atoms with Gasteiger partial charge in [0.15, 0.2) is 0 Å². The largest absolute Gasteiger partial charge is 0.309 e. The van der Waals surface area contributed by atoms with Gasteiger partial charge in [0.25, 0.3) is 0 Å².